The maximum absolute atomic E-state index is 4.56. The molecule has 1 heterocycles. The van der Waals surface area contributed by atoms with Crippen molar-refractivity contribution in [2.45, 2.75) is 0 Å². The summed E-state index contributed by atoms with van der Waals surface area (Å²) in [6, 6.07) is 18.3. The van der Waals surface area contributed by atoms with E-state index in [4.69, 9.17) is 0 Å². The number of nitrogens with zero attached hydrogens (tertiary/aromatic N) is 2. The van der Waals surface area contributed by atoms with E-state index in [9.17, 15) is 0 Å². The number of benzene rings is 2. The van der Waals surface area contributed by atoms with Gasteiger partial charge in [-0.3, -0.25) is 0 Å². The standard InChI is InChI=1S/C14H11BN2/c15-14-16-12-9-5-4-8-11(12)13(17-14)10-6-2-1-3-7-10/h1-9H,15H2. The van der Waals surface area contributed by atoms with Gasteiger partial charge in [-0.05, 0) is 6.07 Å². The van der Waals surface area contributed by atoms with Crippen LogP contribution in [0.3, 0.4) is 0 Å². The van der Waals surface area contributed by atoms with Crippen LogP contribution < -0.4 is 5.72 Å². The van der Waals surface area contributed by atoms with Crippen LogP contribution in [-0.2, 0) is 0 Å². The summed E-state index contributed by atoms with van der Waals surface area (Å²) < 4.78 is 0. The Morgan fingerprint density at radius 2 is 1.47 bits per heavy atom. The Labute approximate surface area is 101 Å². The van der Waals surface area contributed by atoms with Crippen LogP contribution in [0.2, 0.25) is 0 Å². The first kappa shape index (κ1) is 10.0. The van der Waals surface area contributed by atoms with Gasteiger partial charge in [0.05, 0.1) is 16.9 Å². The van der Waals surface area contributed by atoms with Crippen molar-refractivity contribution in [3.05, 3.63) is 54.6 Å². The van der Waals surface area contributed by atoms with E-state index in [1.165, 1.54) is 0 Å². The maximum atomic E-state index is 4.56. The summed E-state index contributed by atoms with van der Waals surface area (Å²) >= 11 is 0. The summed E-state index contributed by atoms with van der Waals surface area (Å²) in [5, 5.41) is 1.10. The fourth-order valence-corrected chi connectivity index (χ4v) is 2.01. The summed E-state index contributed by atoms with van der Waals surface area (Å²) in [5.74, 6) is 0. The second kappa shape index (κ2) is 4.02. The average molecular weight is 218 g/mol. The van der Waals surface area contributed by atoms with E-state index in [1.807, 2.05) is 44.2 Å². The molecule has 0 N–H and O–H groups in total. The third-order valence-corrected chi connectivity index (χ3v) is 2.76. The van der Waals surface area contributed by atoms with Gasteiger partial charge in [0.25, 0.3) is 0 Å². The second-order valence-electron chi connectivity index (χ2n) is 4.00. The first-order chi connectivity index (χ1) is 8.34. The molecule has 0 atom stereocenters. The van der Waals surface area contributed by atoms with E-state index in [0.29, 0.717) is 0 Å². The van der Waals surface area contributed by atoms with Crippen LogP contribution in [0.5, 0.6) is 0 Å². The molecule has 3 heteroatoms. The normalized spacial score (nSPS) is 10.6. The molecule has 3 rings (SSSR count). The molecular formula is C14H11BN2. The van der Waals surface area contributed by atoms with E-state index >= 15 is 0 Å². The first-order valence-corrected chi connectivity index (χ1v) is 5.63. The lowest BCUT2D eigenvalue weighted by molar-refractivity contribution is 1.30. The van der Waals surface area contributed by atoms with E-state index in [2.05, 4.69) is 28.2 Å². The van der Waals surface area contributed by atoms with Crippen molar-refractivity contribution in [1.29, 1.82) is 0 Å². The molecule has 0 saturated carbocycles. The van der Waals surface area contributed by atoms with Crippen LogP contribution >= 0.6 is 0 Å². The third-order valence-electron chi connectivity index (χ3n) is 2.76. The van der Waals surface area contributed by atoms with Crippen LogP contribution in [0.1, 0.15) is 0 Å². The molecule has 2 aromatic carbocycles. The molecule has 3 aromatic rings. The highest BCUT2D eigenvalue weighted by molar-refractivity contribution is 6.29. The van der Waals surface area contributed by atoms with Gasteiger partial charge in [-0.15, -0.1) is 0 Å². The molecule has 0 aliphatic heterocycles. The second-order valence-corrected chi connectivity index (χ2v) is 4.00. The van der Waals surface area contributed by atoms with Gasteiger partial charge in [0, 0.05) is 10.9 Å². The minimum Gasteiger partial charge on any atom is -0.244 e. The number of para-hydroxylation sites is 1. The molecule has 0 aliphatic rings. The molecule has 0 amide bonds. The molecule has 0 spiro atoms. The Bertz CT molecular complexity index is 665. The molecule has 0 radical (unpaired) electrons. The third kappa shape index (κ3) is 1.80. The van der Waals surface area contributed by atoms with Crippen molar-refractivity contribution in [3.8, 4) is 11.3 Å². The molecule has 1 aromatic heterocycles. The van der Waals surface area contributed by atoms with Gasteiger partial charge in [0.2, 0.25) is 0 Å². The summed E-state index contributed by atoms with van der Waals surface area (Å²) in [4.78, 5) is 9.01. The Kier molecular flexibility index (Phi) is 2.37. The lowest BCUT2D eigenvalue weighted by Gasteiger charge is -2.06. The molecule has 0 fully saturated rings. The van der Waals surface area contributed by atoms with Crippen molar-refractivity contribution >= 4 is 24.5 Å². The molecule has 0 bridgehead atoms. The van der Waals surface area contributed by atoms with Crippen LogP contribution in [-0.4, -0.2) is 17.8 Å². The fraction of sp³-hybridized carbons (Fsp3) is 0. The number of hydrogen-bond acceptors (Lipinski definition) is 2. The van der Waals surface area contributed by atoms with Gasteiger partial charge in [-0.2, -0.15) is 0 Å². The highest BCUT2D eigenvalue weighted by Gasteiger charge is 2.06. The lowest BCUT2D eigenvalue weighted by Crippen LogP contribution is -2.14. The van der Waals surface area contributed by atoms with Gasteiger partial charge in [0.1, 0.15) is 0 Å². The Hall–Kier alpha value is -2.16. The van der Waals surface area contributed by atoms with Gasteiger partial charge in [-0.1, -0.05) is 48.5 Å². The predicted octanol–water partition coefficient (Wildman–Crippen LogP) is 1.56. The fourth-order valence-electron chi connectivity index (χ4n) is 2.01. The summed E-state index contributed by atoms with van der Waals surface area (Å²) in [5.41, 5.74) is 3.95. The molecular weight excluding hydrogens is 207 g/mol. The number of aromatic nitrogens is 2. The van der Waals surface area contributed by atoms with Gasteiger partial charge in [-0.25, -0.2) is 9.97 Å². The first-order valence-electron chi connectivity index (χ1n) is 5.63. The number of rotatable bonds is 1. The van der Waals surface area contributed by atoms with E-state index in [0.717, 1.165) is 27.9 Å². The average Bonchev–Trinajstić information content (AvgIpc) is 2.39. The highest BCUT2D eigenvalue weighted by atomic mass is 14.9. The minimum absolute atomic E-state index is 0.808. The van der Waals surface area contributed by atoms with Crippen molar-refractivity contribution in [2.24, 2.45) is 0 Å². The zero-order chi connectivity index (χ0) is 11.7. The molecule has 17 heavy (non-hydrogen) atoms. The number of hydrogen-bond donors (Lipinski definition) is 0. The quantitative estimate of drug-likeness (QED) is 0.579. The summed E-state index contributed by atoms with van der Waals surface area (Å²) in [6.07, 6.45) is 0. The number of fused-ring (bicyclic) bond motifs is 1. The molecule has 2 nitrogen and oxygen atoms in total. The Morgan fingerprint density at radius 1 is 0.765 bits per heavy atom. The molecule has 0 saturated heterocycles. The van der Waals surface area contributed by atoms with Crippen molar-refractivity contribution in [3.63, 3.8) is 0 Å². The topological polar surface area (TPSA) is 25.8 Å². The van der Waals surface area contributed by atoms with Crippen LogP contribution in [0.4, 0.5) is 0 Å². The van der Waals surface area contributed by atoms with Crippen molar-refractivity contribution in [2.75, 3.05) is 0 Å². The van der Waals surface area contributed by atoms with Crippen LogP contribution in [0.25, 0.3) is 22.2 Å². The van der Waals surface area contributed by atoms with E-state index < -0.39 is 0 Å². The molecule has 80 valence electrons. The van der Waals surface area contributed by atoms with Crippen LogP contribution in [0, 0.1) is 0 Å². The monoisotopic (exact) mass is 218 g/mol. The highest BCUT2D eigenvalue weighted by Crippen LogP contribution is 2.23. The minimum atomic E-state index is 0.808. The SMILES string of the molecule is Bc1nc(-c2ccccc2)c2ccccc2n1. The van der Waals surface area contributed by atoms with Crippen molar-refractivity contribution in [1.82, 2.24) is 9.97 Å². The van der Waals surface area contributed by atoms with Gasteiger partial charge in [0.15, 0.2) is 7.85 Å². The molecule has 0 unspecified atom stereocenters. The van der Waals surface area contributed by atoms with E-state index in [1.54, 1.807) is 0 Å². The zero-order valence-electron chi connectivity index (χ0n) is 9.59. The Morgan fingerprint density at radius 3 is 2.29 bits per heavy atom. The van der Waals surface area contributed by atoms with Crippen LogP contribution in [0.15, 0.2) is 54.6 Å². The van der Waals surface area contributed by atoms with Crippen molar-refractivity contribution < 1.29 is 0 Å². The summed E-state index contributed by atoms with van der Waals surface area (Å²) in [6.45, 7) is 0. The van der Waals surface area contributed by atoms with Gasteiger partial charge >= 0.3 is 0 Å². The molecule has 0 aliphatic carbocycles. The predicted molar refractivity (Wildman–Crippen MR) is 73.2 cm³/mol. The lowest BCUT2D eigenvalue weighted by atomic mass is 10.0. The smallest absolute Gasteiger partial charge is 0.189 e. The zero-order valence-corrected chi connectivity index (χ0v) is 9.59. The largest absolute Gasteiger partial charge is 0.244 e. The Balaban J connectivity index is 2.36. The van der Waals surface area contributed by atoms with E-state index in [-0.39, 0.29) is 0 Å². The summed E-state index contributed by atoms with van der Waals surface area (Å²) in [7, 11) is 1.93. The van der Waals surface area contributed by atoms with Gasteiger partial charge < -0.3 is 0 Å². The maximum Gasteiger partial charge on any atom is 0.189 e.